The van der Waals surface area contributed by atoms with E-state index < -0.39 is 11.7 Å². The molecule has 1 N–H and O–H groups in total. The van der Waals surface area contributed by atoms with Crippen LogP contribution in [0.25, 0.3) is 5.82 Å². The first kappa shape index (κ1) is 25.1. The number of nitrogens with zero attached hydrogens (tertiary/aromatic N) is 4. The van der Waals surface area contributed by atoms with E-state index >= 15 is 0 Å². The summed E-state index contributed by atoms with van der Waals surface area (Å²) in [5.74, 6) is 1.51. The highest BCUT2D eigenvalue weighted by molar-refractivity contribution is 6.31. The first-order valence-corrected chi connectivity index (χ1v) is 12.1. The molecule has 2 radical (unpaired) electrons. The van der Waals surface area contributed by atoms with Crippen LogP contribution in [-0.2, 0) is 4.43 Å². The molecule has 0 bridgehead atoms. The Kier molecular flexibility index (Phi) is 7.14. The van der Waals surface area contributed by atoms with Gasteiger partial charge in [-0.1, -0.05) is 20.8 Å². The van der Waals surface area contributed by atoms with Crippen LogP contribution in [0.2, 0.25) is 5.04 Å². The van der Waals surface area contributed by atoms with Crippen molar-refractivity contribution >= 4 is 21.5 Å². The number of aromatic nitrogens is 2. The van der Waals surface area contributed by atoms with E-state index in [-0.39, 0.29) is 20.8 Å². The zero-order chi connectivity index (χ0) is 24.6. The quantitative estimate of drug-likeness (QED) is 0.632. The Labute approximate surface area is 199 Å². The Bertz CT molecular complexity index is 979. The second kappa shape index (κ2) is 9.38. The minimum Gasteiger partial charge on any atom is -0.494 e. The highest BCUT2D eigenvalue weighted by atomic mass is 28.2. The smallest absolute Gasteiger partial charge is 0.407 e. The minimum atomic E-state index is -0.922. The van der Waals surface area contributed by atoms with E-state index in [1.807, 2.05) is 40.0 Å². The molecule has 8 nitrogen and oxygen atoms in total. The molecular weight excluding hydrogens is 436 g/mol. The fourth-order valence-corrected chi connectivity index (χ4v) is 4.86. The van der Waals surface area contributed by atoms with Gasteiger partial charge in [-0.3, -0.25) is 4.90 Å². The van der Waals surface area contributed by atoms with Crippen LogP contribution in [0.3, 0.4) is 0 Å². The third-order valence-corrected chi connectivity index (χ3v) is 7.18. The van der Waals surface area contributed by atoms with E-state index in [0.29, 0.717) is 25.4 Å². The summed E-state index contributed by atoms with van der Waals surface area (Å²) in [7, 11) is 1.92. The number of rotatable bonds is 6. The Hall–Kier alpha value is -2.52. The van der Waals surface area contributed by atoms with Crippen LogP contribution in [0.4, 0.5) is 10.5 Å². The van der Waals surface area contributed by atoms with Gasteiger partial charge in [-0.15, -0.1) is 0 Å². The van der Waals surface area contributed by atoms with Gasteiger partial charge in [0.2, 0.25) is 9.76 Å². The zero-order valence-corrected chi connectivity index (χ0v) is 22.0. The maximum absolute atomic E-state index is 12.0. The summed E-state index contributed by atoms with van der Waals surface area (Å²) in [6, 6.07) is 5.73. The van der Waals surface area contributed by atoms with Crippen LogP contribution >= 0.6 is 0 Å². The van der Waals surface area contributed by atoms with Crippen LogP contribution in [0, 0.1) is 13.8 Å². The molecule has 0 aliphatic carbocycles. The van der Waals surface area contributed by atoms with E-state index in [1.54, 1.807) is 7.11 Å². The van der Waals surface area contributed by atoms with Crippen LogP contribution in [0.15, 0.2) is 24.4 Å². The molecule has 0 spiro atoms. The molecule has 33 heavy (non-hydrogen) atoms. The lowest BCUT2D eigenvalue weighted by Crippen LogP contribution is -2.63. The summed E-state index contributed by atoms with van der Waals surface area (Å²) in [4.78, 5) is 20.4. The number of hydrogen-bond acceptors (Lipinski definition) is 5. The maximum atomic E-state index is 12.0. The average molecular weight is 473 g/mol. The molecule has 180 valence electrons. The SMILES string of the molecule is COc1cc(-n2c(C)ccc2C)ncc1N1CCN(C(=O)O)[C@H](C(C)(C)O[Si]C(C)(C)C)C1. The molecule has 3 heterocycles. The Balaban J connectivity index is 1.91. The number of ether oxygens (including phenoxy) is 1. The summed E-state index contributed by atoms with van der Waals surface area (Å²) < 4.78 is 14.1. The summed E-state index contributed by atoms with van der Waals surface area (Å²) in [6.45, 7) is 15.8. The Morgan fingerprint density at radius 2 is 1.79 bits per heavy atom. The van der Waals surface area contributed by atoms with Gasteiger partial charge in [0, 0.05) is 37.1 Å². The predicted octanol–water partition coefficient (Wildman–Crippen LogP) is 4.30. The molecule has 1 aliphatic rings. The van der Waals surface area contributed by atoms with Crippen molar-refractivity contribution in [3.05, 3.63) is 35.8 Å². The number of carbonyl (C=O) groups is 1. The summed E-state index contributed by atoms with van der Waals surface area (Å²) in [5, 5.41) is 9.88. The van der Waals surface area contributed by atoms with Gasteiger partial charge in [0.05, 0.1) is 30.6 Å². The highest BCUT2D eigenvalue weighted by Crippen LogP contribution is 2.34. The predicted molar refractivity (Wildman–Crippen MR) is 131 cm³/mol. The second-order valence-corrected chi connectivity index (χ2v) is 12.1. The zero-order valence-electron chi connectivity index (χ0n) is 21.0. The standard InChI is InChI=1S/C24H36N4O4Si/c1-16-9-10-17(2)28(16)21-13-19(31-8)18(14-25-21)26-11-12-27(22(29)30)20(15-26)24(6,7)32-33-23(3,4)5/h9-10,13-14,20H,11-12,15H2,1-8H3,(H,29,30)/t20-/m0/s1. The molecule has 1 atom stereocenters. The van der Waals surface area contributed by atoms with Crippen molar-refractivity contribution in [1.82, 2.24) is 14.5 Å². The summed E-state index contributed by atoms with van der Waals surface area (Å²) in [6.07, 6.45) is 0.903. The van der Waals surface area contributed by atoms with Gasteiger partial charge in [-0.25, -0.2) is 9.78 Å². The molecule has 0 saturated carbocycles. The van der Waals surface area contributed by atoms with Gasteiger partial charge < -0.3 is 23.7 Å². The van der Waals surface area contributed by atoms with Crippen molar-refractivity contribution in [3.8, 4) is 11.6 Å². The first-order chi connectivity index (χ1) is 15.3. The summed E-state index contributed by atoms with van der Waals surface area (Å²) in [5.41, 5.74) is 2.41. The fraction of sp³-hybridized carbons (Fsp3) is 0.583. The number of carboxylic acid groups (broad SMARTS) is 1. The lowest BCUT2D eigenvalue weighted by atomic mass is 9.95. The molecule has 1 amide bonds. The van der Waals surface area contributed by atoms with E-state index in [2.05, 4.69) is 42.4 Å². The van der Waals surface area contributed by atoms with Crippen LogP contribution < -0.4 is 9.64 Å². The van der Waals surface area contributed by atoms with E-state index in [4.69, 9.17) is 14.1 Å². The van der Waals surface area contributed by atoms with Gasteiger partial charge in [-0.05, 0) is 44.9 Å². The van der Waals surface area contributed by atoms with Crippen LogP contribution in [-0.4, -0.2) is 73.8 Å². The van der Waals surface area contributed by atoms with E-state index in [1.165, 1.54) is 4.90 Å². The van der Waals surface area contributed by atoms with Crippen molar-refractivity contribution < 1.29 is 19.1 Å². The van der Waals surface area contributed by atoms with Crippen molar-refractivity contribution in [1.29, 1.82) is 0 Å². The third kappa shape index (κ3) is 5.52. The lowest BCUT2D eigenvalue weighted by Gasteiger charge is -2.48. The Morgan fingerprint density at radius 3 is 2.33 bits per heavy atom. The minimum absolute atomic E-state index is 0.0113. The lowest BCUT2D eigenvalue weighted by molar-refractivity contribution is 0.000753. The molecule has 0 unspecified atom stereocenters. The number of anilines is 1. The van der Waals surface area contributed by atoms with Gasteiger partial charge in [0.1, 0.15) is 11.6 Å². The van der Waals surface area contributed by atoms with E-state index in [0.717, 1.165) is 22.9 Å². The first-order valence-electron chi connectivity index (χ1n) is 11.2. The van der Waals surface area contributed by atoms with Gasteiger partial charge >= 0.3 is 6.09 Å². The van der Waals surface area contributed by atoms with Crippen molar-refractivity contribution in [2.45, 2.75) is 65.1 Å². The van der Waals surface area contributed by atoms with Gasteiger partial charge in [0.25, 0.3) is 0 Å². The number of piperazine rings is 1. The number of aryl methyl sites for hydroxylation is 2. The molecule has 1 fully saturated rings. The molecule has 1 aliphatic heterocycles. The number of hydrogen-bond donors (Lipinski definition) is 1. The van der Waals surface area contributed by atoms with E-state index in [9.17, 15) is 9.90 Å². The number of pyridine rings is 1. The molecular formula is C24H36N4O4Si. The van der Waals surface area contributed by atoms with Gasteiger partial charge in [-0.2, -0.15) is 0 Å². The Morgan fingerprint density at radius 1 is 1.15 bits per heavy atom. The third-order valence-electron chi connectivity index (χ3n) is 5.94. The second-order valence-electron chi connectivity index (χ2n) is 10.2. The maximum Gasteiger partial charge on any atom is 0.407 e. The fourth-order valence-electron chi connectivity index (χ4n) is 4.15. The largest absolute Gasteiger partial charge is 0.494 e. The molecule has 2 aromatic heterocycles. The van der Waals surface area contributed by atoms with Crippen molar-refractivity contribution in [2.24, 2.45) is 0 Å². The summed E-state index contributed by atoms with van der Waals surface area (Å²) >= 11 is 0. The van der Waals surface area contributed by atoms with Gasteiger partial charge in [0.15, 0.2) is 0 Å². The molecule has 9 heteroatoms. The molecule has 0 aromatic carbocycles. The monoisotopic (exact) mass is 472 g/mol. The molecule has 1 saturated heterocycles. The average Bonchev–Trinajstić information content (AvgIpc) is 3.09. The van der Waals surface area contributed by atoms with Crippen molar-refractivity contribution in [3.63, 3.8) is 0 Å². The molecule has 3 rings (SSSR count). The number of amides is 1. The topological polar surface area (TPSA) is 80.1 Å². The van der Waals surface area contributed by atoms with Crippen molar-refractivity contribution in [2.75, 3.05) is 31.6 Å². The molecule has 2 aromatic rings. The van der Waals surface area contributed by atoms with Crippen LogP contribution in [0.5, 0.6) is 5.75 Å². The highest BCUT2D eigenvalue weighted by Gasteiger charge is 2.42. The normalized spacial score (nSPS) is 17.4. The number of methoxy groups -OCH3 is 1. The van der Waals surface area contributed by atoms with Crippen LogP contribution in [0.1, 0.15) is 46.0 Å².